The van der Waals surface area contributed by atoms with Gasteiger partial charge in [-0.3, -0.25) is 0 Å². The Kier molecular flexibility index (Phi) is 8.84. The van der Waals surface area contributed by atoms with Gasteiger partial charge in [0, 0.05) is 11.6 Å². The molecule has 0 radical (unpaired) electrons. The quantitative estimate of drug-likeness (QED) is 0.140. The number of halogens is 3. The van der Waals surface area contributed by atoms with E-state index in [1.54, 1.807) is 12.1 Å². The van der Waals surface area contributed by atoms with Gasteiger partial charge < -0.3 is 0 Å². The Morgan fingerprint density at radius 3 is 1.00 bits per heavy atom. The van der Waals surface area contributed by atoms with Gasteiger partial charge in [0.15, 0.2) is 0 Å². The fourth-order valence-electron chi connectivity index (χ4n) is 7.31. The van der Waals surface area contributed by atoms with E-state index in [2.05, 4.69) is 84.9 Å². The van der Waals surface area contributed by atoms with E-state index in [0.717, 1.165) is 56.1 Å². The highest BCUT2D eigenvalue weighted by Gasteiger charge is 2.38. The Morgan fingerprint density at radius 1 is 0.269 bits per heavy atom. The van der Waals surface area contributed by atoms with Gasteiger partial charge in [0.25, 0.3) is 0 Å². The second-order valence-electron chi connectivity index (χ2n) is 12.9. The van der Waals surface area contributed by atoms with Crippen molar-refractivity contribution in [1.82, 2.24) is 0 Å². The molecular weight excluding hydrogens is 646 g/mol. The van der Waals surface area contributed by atoms with E-state index in [1.807, 2.05) is 78.9 Å². The molecule has 0 amide bonds. The molecule has 0 spiro atoms. The monoisotopic (exact) mass is 678 g/mol. The highest BCUT2D eigenvalue weighted by Crippen LogP contribution is 2.47. The second kappa shape index (κ2) is 14.0. The lowest BCUT2D eigenvalue weighted by Gasteiger charge is -2.37. The molecule has 3 heteroatoms. The molecule has 0 aliphatic rings. The normalized spacial score (nSPS) is 11.4. The SMILES string of the molecule is Fc1cc(F)cc(-c2ccc(C(c3ccc(-c4ccccc4)cc3)(c3ccc(-c4ccccc4)cc3)c3ccc(-c4ccccc4F)cc3)cc2)c1. The summed E-state index contributed by atoms with van der Waals surface area (Å²) in [5.41, 5.74) is 10.1. The van der Waals surface area contributed by atoms with Crippen LogP contribution in [-0.2, 0) is 5.41 Å². The maximum Gasteiger partial charge on any atom is 0.131 e. The summed E-state index contributed by atoms with van der Waals surface area (Å²) < 4.78 is 43.5. The lowest BCUT2D eigenvalue weighted by molar-refractivity contribution is 0.584. The fraction of sp³-hybridized carbons (Fsp3) is 0.0204. The van der Waals surface area contributed by atoms with Crippen molar-refractivity contribution in [2.45, 2.75) is 5.41 Å². The molecule has 0 N–H and O–H groups in total. The van der Waals surface area contributed by atoms with Crippen LogP contribution in [0.5, 0.6) is 0 Å². The van der Waals surface area contributed by atoms with Crippen LogP contribution >= 0.6 is 0 Å². The molecule has 0 fully saturated rings. The Morgan fingerprint density at radius 2 is 0.596 bits per heavy atom. The maximum atomic E-state index is 14.9. The van der Waals surface area contributed by atoms with Crippen molar-refractivity contribution in [2.75, 3.05) is 0 Å². The summed E-state index contributed by atoms with van der Waals surface area (Å²) in [5, 5.41) is 0. The Hall–Kier alpha value is -6.45. The Labute approximate surface area is 302 Å². The molecule has 0 bridgehead atoms. The minimum absolute atomic E-state index is 0.279. The molecule has 0 unspecified atom stereocenters. The van der Waals surface area contributed by atoms with Crippen LogP contribution in [0.2, 0.25) is 0 Å². The molecule has 0 saturated heterocycles. The zero-order valence-electron chi connectivity index (χ0n) is 28.2. The lowest BCUT2D eigenvalue weighted by Crippen LogP contribution is -2.31. The van der Waals surface area contributed by atoms with Crippen molar-refractivity contribution >= 4 is 0 Å². The zero-order chi connectivity index (χ0) is 35.5. The summed E-state index contributed by atoms with van der Waals surface area (Å²) in [6.45, 7) is 0. The molecule has 0 aliphatic heterocycles. The molecule has 250 valence electrons. The van der Waals surface area contributed by atoms with Gasteiger partial charge in [-0.2, -0.15) is 0 Å². The highest BCUT2D eigenvalue weighted by molar-refractivity contribution is 5.72. The first-order valence-corrected chi connectivity index (χ1v) is 17.2. The summed E-state index contributed by atoms with van der Waals surface area (Å²) in [7, 11) is 0. The van der Waals surface area contributed by atoms with Gasteiger partial charge in [-0.05, 0) is 79.4 Å². The maximum absolute atomic E-state index is 14.9. The molecule has 0 saturated carbocycles. The van der Waals surface area contributed by atoms with Crippen LogP contribution in [0.4, 0.5) is 13.2 Å². The van der Waals surface area contributed by atoms with E-state index in [9.17, 15) is 13.2 Å². The van der Waals surface area contributed by atoms with E-state index in [-0.39, 0.29) is 5.82 Å². The van der Waals surface area contributed by atoms with Crippen molar-refractivity contribution in [3.63, 3.8) is 0 Å². The third-order valence-corrected chi connectivity index (χ3v) is 9.87. The van der Waals surface area contributed by atoms with Crippen molar-refractivity contribution in [1.29, 1.82) is 0 Å². The van der Waals surface area contributed by atoms with Gasteiger partial charge >= 0.3 is 0 Å². The van der Waals surface area contributed by atoms with Gasteiger partial charge in [0.1, 0.15) is 17.5 Å². The molecule has 8 rings (SSSR count). The average molecular weight is 679 g/mol. The minimum Gasteiger partial charge on any atom is -0.207 e. The first-order valence-electron chi connectivity index (χ1n) is 17.2. The standard InChI is InChI=1S/C49H33F3/c50-45-31-40(32-46(51)33-45)38-19-27-43(28-20-38)49(41-23-15-36(16-24-41)34-9-3-1-4-10-34,42-25-17-37(18-26-42)35-11-5-2-6-12-35)44-29-21-39(22-30-44)47-13-7-8-14-48(47)52/h1-33H. The smallest absolute Gasteiger partial charge is 0.131 e. The van der Waals surface area contributed by atoms with E-state index < -0.39 is 17.0 Å². The van der Waals surface area contributed by atoms with E-state index in [4.69, 9.17) is 0 Å². The molecule has 0 heterocycles. The van der Waals surface area contributed by atoms with E-state index >= 15 is 0 Å². The van der Waals surface area contributed by atoms with E-state index in [0.29, 0.717) is 16.7 Å². The zero-order valence-corrected chi connectivity index (χ0v) is 28.2. The van der Waals surface area contributed by atoms with Crippen LogP contribution in [0.3, 0.4) is 0 Å². The van der Waals surface area contributed by atoms with Crippen molar-refractivity contribution in [3.8, 4) is 44.5 Å². The minimum atomic E-state index is -0.829. The molecule has 8 aromatic carbocycles. The molecule has 52 heavy (non-hydrogen) atoms. The first kappa shape index (κ1) is 32.7. The van der Waals surface area contributed by atoms with Crippen molar-refractivity contribution in [2.24, 2.45) is 0 Å². The van der Waals surface area contributed by atoms with Crippen LogP contribution in [0, 0.1) is 17.5 Å². The van der Waals surface area contributed by atoms with Crippen LogP contribution < -0.4 is 0 Å². The summed E-state index contributed by atoms with van der Waals surface area (Å²) in [6, 6.07) is 64.2. The van der Waals surface area contributed by atoms with Crippen LogP contribution in [-0.4, -0.2) is 0 Å². The highest BCUT2D eigenvalue weighted by atomic mass is 19.1. The van der Waals surface area contributed by atoms with Gasteiger partial charge in [-0.25, -0.2) is 13.2 Å². The molecular formula is C49H33F3. The first-order chi connectivity index (χ1) is 25.5. The van der Waals surface area contributed by atoms with Crippen molar-refractivity contribution < 1.29 is 13.2 Å². The fourth-order valence-corrected chi connectivity index (χ4v) is 7.31. The third-order valence-electron chi connectivity index (χ3n) is 9.87. The predicted molar refractivity (Wildman–Crippen MR) is 206 cm³/mol. The topological polar surface area (TPSA) is 0 Å². The van der Waals surface area contributed by atoms with Crippen LogP contribution in [0.25, 0.3) is 44.5 Å². The Bertz CT molecular complexity index is 2330. The van der Waals surface area contributed by atoms with Gasteiger partial charge in [0.2, 0.25) is 0 Å². The number of hydrogen-bond acceptors (Lipinski definition) is 0. The van der Waals surface area contributed by atoms with Gasteiger partial charge in [-0.15, -0.1) is 0 Å². The summed E-state index contributed by atoms with van der Waals surface area (Å²) >= 11 is 0. The summed E-state index contributed by atoms with van der Waals surface area (Å²) in [5.74, 6) is -1.53. The molecule has 0 aliphatic carbocycles. The Balaban J connectivity index is 1.36. The second-order valence-corrected chi connectivity index (χ2v) is 12.9. The third kappa shape index (κ3) is 6.22. The lowest BCUT2D eigenvalue weighted by atomic mass is 9.64. The van der Waals surface area contributed by atoms with Crippen molar-refractivity contribution in [3.05, 3.63) is 240 Å². The molecule has 0 atom stereocenters. The predicted octanol–water partition coefficient (Wildman–Crippen LogP) is 13.2. The van der Waals surface area contributed by atoms with Crippen LogP contribution in [0.15, 0.2) is 200 Å². The number of benzene rings is 8. The van der Waals surface area contributed by atoms with E-state index in [1.165, 1.54) is 18.2 Å². The average Bonchev–Trinajstić information content (AvgIpc) is 3.20. The molecule has 0 nitrogen and oxygen atoms in total. The van der Waals surface area contributed by atoms with Gasteiger partial charge in [0.05, 0.1) is 5.41 Å². The molecule has 0 aromatic heterocycles. The summed E-state index contributed by atoms with van der Waals surface area (Å²) in [4.78, 5) is 0. The number of rotatable bonds is 8. The van der Waals surface area contributed by atoms with Crippen LogP contribution in [0.1, 0.15) is 22.3 Å². The number of hydrogen-bond donors (Lipinski definition) is 0. The largest absolute Gasteiger partial charge is 0.207 e. The van der Waals surface area contributed by atoms with Gasteiger partial charge in [-0.1, -0.05) is 176 Å². The summed E-state index contributed by atoms with van der Waals surface area (Å²) in [6.07, 6.45) is 0. The molecule has 8 aromatic rings.